The molecule has 1 N–H and O–H groups in total. The van der Waals surface area contributed by atoms with Crippen LogP contribution in [0.3, 0.4) is 0 Å². The second-order valence-electron chi connectivity index (χ2n) is 6.50. The van der Waals surface area contributed by atoms with Gasteiger partial charge in [-0.25, -0.2) is 15.0 Å². The average Bonchev–Trinajstić information content (AvgIpc) is 3.18. The van der Waals surface area contributed by atoms with Crippen molar-refractivity contribution in [1.82, 2.24) is 24.9 Å². The molecule has 4 heterocycles. The molecule has 0 amide bonds. The van der Waals surface area contributed by atoms with Crippen LogP contribution in [0.15, 0.2) is 35.3 Å². The fourth-order valence-corrected chi connectivity index (χ4v) is 2.78. The van der Waals surface area contributed by atoms with Crippen molar-refractivity contribution in [1.29, 1.82) is 0 Å². The van der Waals surface area contributed by atoms with E-state index in [-0.39, 0.29) is 5.92 Å². The van der Waals surface area contributed by atoms with Gasteiger partial charge in [-0.05, 0) is 35.1 Å². The quantitative estimate of drug-likeness (QED) is 0.615. The number of fused-ring (bicyclic) bond motifs is 2. The Hall–Kier alpha value is -2.76. The van der Waals surface area contributed by atoms with Gasteiger partial charge in [0, 0.05) is 18.8 Å². The van der Waals surface area contributed by atoms with Crippen LogP contribution in [0.5, 0.6) is 0 Å². The van der Waals surface area contributed by atoms with E-state index in [1.165, 1.54) is 0 Å². The third kappa shape index (κ3) is 2.64. The number of rotatable bonds is 4. The van der Waals surface area contributed by atoms with Gasteiger partial charge in [-0.3, -0.25) is 0 Å². The fourth-order valence-electron chi connectivity index (χ4n) is 2.78. The molecule has 0 aromatic carbocycles. The highest BCUT2D eigenvalue weighted by atomic mass is 16.3. The van der Waals surface area contributed by atoms with E-state index in [2.05, 4.69) is 51.8 Å². The van der Waals surface area contributed by atoms with E-state index < -0.39 is 0 Å². The molecule has 0 radical (unpaired) electrons. The van der Waals surface area contributed by atoms with Crippen molar-refractivity contribution in [3.8, 4) is 0 Å². The van der Waals surface area contributed by atoms with Crippen LogP contribution in [0.2, 0.25) is 0 Å². The molecule has 4 rings (SSSR count). The van der Waals surface area contributed by atoms with E-state index in [9.17, 15) is 0 Å². The molecule has 0 bridgehead atoms. The molecular formula is C18H19N5O. The molecule has 4 aromatic rings. The Kier molecular flexibility index (Phi) is 3.52. The predicted molar refractivity (Wildman–Crippen MR) is 91.9 cm³/mol. The summed E-state index contributed by atoms with van der Waals surface area (Å²) in [5.41, 5.74) is 5.39. The van der Waals surface area contributed by atoms with Crippen LogP contribution in [0, 0.1) is 0 Å². The Labute approximate surface area is 139 Å². The number of aromatic nitrogens is 5. The lowest BCUT2D eigenvalue weighted by Gasteiger charge is -2.08. The second-order valence-corrected chi connectivity index (χ2v) is 6.50. The number of nitrogens with one attached hydrogen (secondary N) is 1. The minimum atomic E-state index is 0.239. The molecule has 1 atom stereocenters. The predicted octanol–water partition coefficient (Wildman–Crippen LogP) is 3.96. The number of hydrogen-bond donors (Lipinski definition) is 1. The van der Waals surface area contributed by atoms with Crippen molar-refractivity contribution < 1.29 is 4.42 Å². The van der Waals surface area contributed by atoms with Gasteiger partial charge in [0.05, 0.1) is 11.8 Å². The largest absolute Gasteiger partial charge is 0.439 e. The molecule has 0 aliphatic heterocycles. The van der Waals surface area contributed by atoms with Gasteiger partial charge >= 0.3 is 0 Å². The van der Waals surface area contributed by atoms with Gasteiger partial charge in [-0.1, -0.05) is 20.8 Å². The van der Waals surface area contributed by atoms with Crippen molar-refractivity contribution in [3.63, 3.8) is 0 Å². The molecule has 0 aliphatic rings. The number of nitrogens with zero attached hydrogens (tertiary/aromatic N) is 4. The van der Waals surface area contributed by atoms with Crippen molar-refractivity contribution in [2.24, 2.45) is 0 Å². The lowest BCUT2D eigenvalue weighted by molar-refractivity contribution is 0.507. The molecule has 0 saturated carbocycles. The van der Waals surface area contributed by atoms with Crippen LogP contribution < -0.4 is 0 Å². The molecule has 0 aliphatic carbocycles. The van der Waals surface area contributed by atoms with E-state index in [1.807, 2.05) is 18.5 Å². The van der Waals surface area contributed by atoms with Crippen LogP contribution in [-0.4, -0.2) is 24.9 Å². The molecule has 0 saturated heterocycles. The van der Waals surface area contributed by atoms with Crippen LogP contribution in [0.1, 0.15) is 49.6 Å². The van der Waals surface area contributed by atoms with Gasteiger partial charge in [0.1, 0.15) is 0 Å². The summed E-state index contributed by atoms with van der Waals surface area (Å²) in [6.45, 7) is 6.42. The van der Waals surface area contributed by atoms with Crippen molar-refractivity contribution in [2.45, 2.75) is 39.0 Å². The SMILES string of the molecule is CC(C)c1cnc2nc(CC(C)c3cnc4nc[nH]c4c3)oc2c1. The summed E-state index contributed by atoms with van der Waals surface area (Å²) in [5, 5.41) is 0. The van der Waals surface area contributed by atoms with Gasteiger partial charge in [0.25, 0.3) is 0 Å². The first-order valence-electron chi connectivity index (χ1n) is 8.14. The maximum Gasteiger partial charge on any atom is 0.198 e. The maximum atomic E-state index is 5.91. The molecule has 1 unspecified atom stereocenters. The number of oxazole rings is 1. The normalized spacial score (nSPS) is 13.2. The molecule has 6 heteroatoms. The monoisotopic (exact) mass is 321 g/mol. The third-order valence-corrected chi connectivity index (χ3v) is 4.32. The van der Waals surface area contributed by atoms with Gasteiger partial charge in [-0.2, -0.15) is 4.98 Å². The summed E-state index contributed by atoms with van der Waals surface area (Å²) < 4.78 is 5.91. The molecule has 6 nitrogen and oxygen atoms in total. The first-order chi connectivity index (χ1) is 11.6. The van der Waals surface area contributed by atoms with E-state index >= 15 is 0 Å². The number of H-pyrrole nitrogens is 1. The summed E-state index contributed by atoms with van der Waals surface area (Å²) in [6.07, 6.45) is 6.10. The van der Waals surface area contributed by atoms with E-state index in [0.29, 0.717) is 23.9 Å². The van der Waals surface area contributed by atoms with E-state index in [4.69, 9.17) is 4.42 Å². The third-order valence-electron chi connectivity index (χ3n) is 4.32. The zero-order valence-corrected chi connectivity index (χ0v) is 13.9. The summed E-state index contributed by atoms with van der Waals surface area (Å²) in [6, 6.07) is 4.12. The first-order valence-corrected chi connectivity index (χ1v) is 8.14. The molecule has 24 heavy (non-hydrogen) atoms. The lowest BCUT2D eigenvalue weighted by atomic mass is 9.99. The lowest BCUT2D eigenvalue weighted by Crippen LogP contribution is -1.99. The number of pyridine rings is 2. The summed E-state index contributed by atoms with van der Waals surface area (Å²) >= 11 is 0. The van der Waals surface area contributed by atoms with Crippen molar-refractivity contribution >= 4 is 22.4 Å². The summed E-state index contributed by atoms with van der Waals surface area (Å²) in [4.78, 5) is 20.5. The molecule has 0 fully saturated rings. The highest BCUT2D eigenvalue weighted by molar-refractivity contribution is 5.70. The standard InChI is InChI=1S/C18H19N5O/c1-10(2)12-6-15-18(20-7-12)23-16(24-15)4-11(3)13-5-14-17(19-8-13)22-9-21-14/h5-11H,4H2,1-3H3,(H,19,21,22). The molecule has 122 valence electrons. The van der Waals surface area contributed by atoms with Gasteiger partial charge in [-0.15, -0.1) is 0 Å². The molecule has 0 spiro atoms. The molecular weight excluding hydrogens is 302 g/mol. The summed E-state index contributed by atoms with van der Waals surface area (Å²) in [5.74, 6) is 1.36. The summed E-state index contributed by atoms with van der Waals surface area (Å²) in [7, 11) is 0. The van der Waals surface area contributed by atoms with E-state index in [1.54, 1.807) is 6.33 Å². The van der Waals surface area contributed by atoms with Crippen molar-refractivity contribution in [2.75, 3.05) is 0 Å². The number of aromatic amines is 1. The minimum absolute atomic E-state index is 0.239. The van der Waals surface area contributed by atoms with Crippen LogP contribution in [0.4, 0.5) is 0 Å². The van der Waals surface area contributed by atoms with Gasteiger partial charge < -0.3 is 9.40 Å². The van der Waals surface area contributed by atoms with Crippen LogP contribution in [0.25, 0.3) is 22.4 Å². The Morgan fingerprint density at radius 3 is 2.62 bits per heavy atom. The maximum absolute atomic E-state index is 5.91. The zero-order chi connectivity index (χ0) is 16.7. The number of imidazole rings is 1. The topological polar surface area (TPSA) is 80.5 Å². The first kappa shape index (κ1) is 14.8. The Morgan fingerprint density at radius 1 is 1.00 bits per heavy atom. The molecule has 4 aromatic heterocycles. The van der Waals surface area contributed by atoms with Crippen LogP contribution >= 0.6 is 0 Å². The van der Waals surface area contributed by atoms with Crippen LogP contribution in [-0.2, 0) is 6.42 Å². The highest BCUT2D eigenvalue weighted by Crippen LogP contribution is 2.25. The van der Waals surface area contributed by atoms with E-state index in [0.717, 1.165) is 27.9 Å². The average molecular weight is 321 g/mol. The fraction of sp³-hybridized carbons (Fsp3) is 0.333. The van der Waals surface area contributed by atoms with Gasteiger partial charge in [0.15, 0.2) is 22.8 Å². The highest BCUT2D eigenvalue weighted by Gasteiger charge is 2.15. The smallest absolute Gasteiger partial charge is 0.198 e. The zero-order valence-electron chi connectivity index (χ0n) is 13.9. The van der Waals surface area contributed by atoms with Crippen molar-refractivity contribution in [3.05, 3.63) is 47.9 Å². The Bertz CT molecular complexity index is 1000. The van der Waals surface area contributed by atoms with Gasteiger partial charge in [0.2, 0.25) is 0 Å². The Morgan fingerprint density at radius 2 is 1.79 bits per heavy atom. The number of hydrogen-bond acceptors (Lipinski definition) is 5. The minimum Gasteiger partial charge on any atom is -0.439 e. The second kappa shape index (κ2) is 5.70. The Balaban J connectivity index is 1.60.